The van der Waals surface area contributed by atoms with Crippen LogP contribution < -0.4 is 9.73 Å². The van der Waals surface area contributed by atoms with E-state index in [0.717, 1.165) is 16.6 Å². The maximum absolute atomic E-state index is 13.3. The summed E-state index contributed by atoms with van der Waals surface area (Å²) >= 11 is 0. The van der Waals surface area contributed by atoms with Gasteiger partial charge in [-0.05, 0) is 30.3 Å². The van der Waals surface area contributed by atoms with Gasteiger partial charge in [-0.15, -0.1) is 0 Å². The molecule has 1 aromatic heterocycles. The molecule has 0 bridgehead atoms. The summed E-state index contributed by atoms with van der Waals surface area (Å²) in [6, 6.07) is 8.24. The summed E-state index contributed by atoms with van der Waals surface area (Å²) in [7, 11) is -3.76. The lowest BCUT2D eigenvalue weighted by Crippen LogP contribution is -2.39. The summed E-state index contributed by atoms with van der Waals surface area (Å²) in [6.45, 7) is -0.530. The van der Waals surface area contributed by atoms with E-state index >= 15 is 0 Å². The summed E-state index contributed by atoms with van der Waals surface area (Å²) in [5.41, 5.74) is 2.23. The molecule has 1 aromatic carbocycles. The Morgan fingerprint density at radius 2 is 2.17 bits per heavy atom. The summed E-state index contributed by atoms with van der Waals surface area (Å²) < 4.78 is 42.6. The Labute approximate surface area is 132 Å². The van der Waals surface area contributed by atoms with E-state index in [2.05, 4.69) is 10.5 Å². The van der Waals surface area contributed by atoms with Gasteiger partial charge in [0, 0.05) is 0 Å². The summed E-state index contributed by atoms with van der Waals surface area (Å²) in [5, 5.41) is 3.65. The first-order valence-electron chi connectivity index (χ1n) is 6.45. The molecule has 1 amide bonds. The Bertz CT molecular complexity index is 803. The fraction of sp³-hybridized carbons (Fsp3) is 0.143. The van der Waals surface area contributed by atoms with Crippen LogP contribution in [0.3, 0.4) is 0 Å². The SMILES string of the molecule is CS(=O)(=O)N(CC(=O)N/N=C\c1ccco1)c1cccc(F)c1. The van der Waals surface area contributed by atoms with Gasteiger partial charge in [-0.3, -0.25) is 9.10 Å². The van der Waals surface area contributed by atoms with E-state index in [1.165, 1.54) is 30.7 Å². The summed E-state index contributed by atoms with van der Waals surface area (Å²) in [6.07, 6.45) is 3.64. The smallest absolute Gasteiger partial charge is 0.260 e. The quantitative estimate of drug-likeness (QED) is 0.635. The number of anilines is 1. The van der Waals surface area contributed by atoms with Crippen LogP contribution in [-0.2, 0) is 14.8 Å². The van der Waals surface area contributed by atoms with Crippen molar-refractivity contribution in [1.82, 2.24) is 5.43 Å². The second-order valence-electron chi connectivity index (χ2n) is 4.56. The second-order valence-corrected chi connectivity index (χ2v) is 6.46. The highest BCUT2D eigenvalue weighted by molar-refractivity contribution is 7.92. The number of sulfonamides is 1. The Morgan fingerprint density at radius 1 is 1.39 bits per heavy atom. The lowest BCUT2D eigenvalue weighted by molar-refractivity contribution is -0.119. The van der Waals surface area contributed by atoms with Gasteiger partial charge in [0.1, 0.15) is 18.1 Å². The van der Waals surface area contributed by atoms with Crippen molar-refractivity contribution in [2.75, 3.05) is 17.1 Å². The van der Waals surface area contributed by atoms with E-state index in [1.54, 1.807) is 12.1 Å². The van der Waals surface area contributed by atoms with Gasteiger partial charge in [0.25, 0.3) is 5.91 Å². The van der Waals surface area contributed by atoms with Gasteiger partial charge in [-0.25, -0.2) is 18.2 Å². The molecule has 0 spiro atoms. The third-order valence-electron chi connectivity index (χ3n) is 2.71. The van der Waals surface area contributed by atoms with Crippen LogP contribution in [0.1, 0.15) is 5.76 Å². The average Bonchev–Trinajstić information content (AvgIpc) is 2.97. The number of halogens is 1. The van der Waals surface area contributed by atoms with Crippen molar-refractivity contribution in [2.45, 2.75) is 0 Å². The largest absolute Gasteiger partial charge is 0.463 e. The van der Waals surface area contributed by atoms with Crippen molar-refractivity contribution in [3.8, 4) is 0 Å². The van der Waals surface area contributed by atoms with E-state index in [1.807, 2.05) is 0 Å². The van der Waals surface area contributed by atoms with E-state index in [9.17, 15) is 17.6 Å². The van der Waals surface area contributed by atoms with Gasteiger partial charge in [0.05, 0.1) is 24.4 Å². The van der Waals surface area contributed by atoms with Crippen molar-refractivity contribution < 1.29 is 22.0 Å². The fourth-order valence-corrected chi connectivity index (χ4v) is 2.58. The van der Waals surface area contributed by atoms with Crippen LogP contribution in [0.5, 0.6) is 0 Å². The second kappa shape index (κ2) is 7.05. The third-order valence-corrected chi connectivity index (χ3v) is 3.85. The van der Waals surface area contributed by atoms with Crippen molar-refractivity contribution in [3.05, 3.63) is 54.2 Å². The van der Waals surface area contributed by atoms with Crippen LogP contribution in [-0.4, -0.2) is 33.3 Å². The maximum atomic E-state index is 13.3. The summed E-state index contributed by atoms with van der Waals surface area (Å²) in [5.74, 6) is -0.856. The Morgan fingerprint density at radius 3 is 2.78 bits per heavy atom. The van der Waals surface area contributed by atoms with Crippen LogP contribution in [0.25, 0.3) is 0 Å². The van der Waals surface area contributed by atoms with Gasteiger partial charge >= 0.3 is 0 Å². The van der Waals surface area contributed by atoms with E-state index in [0.29, 0.717) is 5.76 Å². The Kier molecular flexibility index (Phi) is 5.12. The number of nitrogens with one attached hydrogen (secondary N) is 1. The topological polar surface area (TPSA) is 92.0 Å². The van der Waals surface area contributed by atoms with Crippen LogP contribution >= 0.6 is 0 Å². The summed E-state index contributed by atoms with van der Waals surface area (Å²) in [4.78, 5) is 11.8. The number of rotatable bonds is 6. The van der Waals surface area contributed by atoms with E-state index < -0.39 is 28.3 Å². The molecule has 0 fully saturated rings. The average molecular weight is 339 g/mol. The van der Waals surface area contributed by atoms with Crippen molar-refractivity contribution in [2.24, 2.45) is 5.10 Å². The van der Waals surface area contributed by atoms with Crippen molar-refractivity contribution >= 4 is 27.8 Å². The molecule has 0 aliphatic rings. The molecule has 2 rings (SSSR count). The first-order chi connectivity index (χ1) is 10.9. The first-order valence-corrected chi connectivity index (χ1v) is 8.30. The van der Waals surface area contributed by atoms with Gasteiger partial charge in [-0.2, -0.15) is 5.10 Å². The zero-order valence-corrected chi connectivity index (χ0v) is 13.0. The molecule has 122 valence electrons. The molecule has 1 N–H and O–H groups in total. The number of hydrazone groups is 1. The minimum Gasteiger partial charge on any atom is -0.463 e. The number of furan rings is 1. The minimum absolute atomic E-state index is 0.0534. The predicted molar refractivity (Wildman–Crippen MR) is 83.0 cm³/mol. The molecule has 7 nitrogen and oxygen atoms in total. The number of hydrogen-bond acceptors (Lipinski definition) is 5. The molecular formula is C14H14FN3O4S. The first kappa shape index (κ1) is 16.7. The maximum Gasteiger partial charge on any atom is 0.260 e. The number of amides is 1. The Hall–Kier alpha value is -2.68. The third kappa shape index (κ3) is 4.92. The zero-order valence-electron chi connectivity index (χ0n) is 12.1. The molecule has 0 atom stereocenters. The number of carbonyl (C=O) groups excluding carboxylic acids is 1. The standard InChI is InChI=1S/C14H14FN3O4S/c1-23(20,21)18(12-5-2-4-11(15)8-12)10-14(19)17-16-9-13-6-3-7-22-13/h2-9H,10H2,1H3,(H,17,19)/b16-9-. The molecular weight excluding hydrogens is 325 g/mol. The molecule has 23 heavy (non-hydrogen) atoms. The highest BCUT2D eigenvalue weighted by Crippen LogP contribution is 2.18. The van der Waals surface area contributed by atoms with Crippen molar-refractivity contribution in [3.63, 3.8) is 0 Å². The van der Waals surface area contributed by atoms with Crippen molar-refractivity contribution in [1.29, 1.82) is 0 Å². The lowest BCUT2D eigenvalue weighted by atomic mass is 10.3. The van der Waals surface area contributed by atoms with Crippen LogP contribution in [0, 0.1) is 5.82 Å². The van der Waals surface area contributed by atoms with Gasteiger partial charge in [0.15, 0.2) is 0 Å². The number of nitrogens with zero attached hydrogens (tertiary/aromatic N) is 2. The molecule has 0 radical (unpaired) electrons. The molecule has 0 saturated carbocycles. The molecule has 0 unspecified atom stereocenters. The van der Waals surface area contributed by atoms with Crippen LogP contribution in [0.4, 0.5) is 10.1 Å². The van der Waals surface area contributed by atoms with Crippen LogP contribution in [0.15, 0.2) is 52.2 Å². The molecule has 2 aromatic rings. The minimum atomic E-state index is -3.76. The number of hydrogen-bond donors (Lipinski definition) is 1. The molecule has 1 heterocycles. The highest BCUT2D eigenvalue weighted by Gasteiger charge is 2.21. The number of benzene rings is 1. The zero-order chi connectivity index (χ0) is 16.9. The number of carbonyl (C=O) groups is 1. The van der Waals surface area contributed by atoms with E-state index in [-0.39, 0.29) is 5.69 Å². The predicted octanol–water partition coefficient (Wildman–Crippen LogP) is 1.34. The highest BCUT2D eigenvalue weighted by atomic mass is 32.2. The molecule has 0 aliphatic carbocycles. The van der Waals surface area contributed by atoms with Gasteiger partial charge in [-0.1, -0.05) is 6.07 Å². The monoisotopic (exact) mass is 339 g/mol. The lowest BCUT2D eigenvalue weighted by Gasteiger charge is -2.21. The molecule has 0 saturated heterocycles. The van der Waals surface area contributed by atoms with Gasteiger partial charge < -0.3 is 4.42 Å². The normalized spacial score (nSPS) is 11.6. The molecule has 0 aliphatic heterocycles. The molecule has 9 heteroatoms. The van der Waals surface area contributed by atoms with Gasteiger partial charge in [0.2, 0.25) is 10.0 Å². The fourth-order valence-electron chi connectivity index (χ4n) is 1.73. The Balaban J connectivity index is 2.08. The van der Waals surface area contributed by atoms with E-state index in [4.69, 9.17) is 4.42 Å². The van der Waals surface area contributed by atoms with Crippen LogP contribution in [0.2, 0.25) is 0 Å².